The second kappa shape index (κ2) is 5.21. The number of ether oxygens (including phenoxy) is 1. The van der Waals surface area contributed by atoms with Crippen LogP contribution in [0.1, 0.15) is 0 Å². The Morgan fingerprint density at radius 3 is 2.73 bits per heavy atom. The van der Waals surface area contributed by atoms with Gasteiger partial charge in [-0.05, 0) is 12.1 Å². The summed E-state index contributed by atoms with van der Waals surface area (Å²) < 4.78 is 5.10. The Hall–Kier alpha value is -0.970. The maximum Gasteiger partial charge on any atom is 0.346 e. The molecule has 0 amide bonds. The lowest BCUT2D eigenvalue weighted by atomic mass is 10.3. The average molecular weight is 250 g/mol. The van der Waals surface area contributed by atoms with Crippen LogP contribution in [-0.4, -0.2) is 23.7 Å². The van der Waals surface area contributed by atoms with Crippen LogP contribution in [0.4, 0.5) is 0 Å². The first-order chi connectivity index (χ1) is 7.04. The number of hydrogen-bond donors (Lipinski definition) is 2. The Labute approximate surface area is 96.5 Å². The molecule has 0 bridgehead atoms. The average Bonchev–Trinajstić information content (AvgIpc) is 2.18. The van der Waals surface area contributed by atoms with Gasteiger partial charge in [0.2, 0.25) is 6.10 Å². The first kappa shape index (κ1) is 12.1. The zero-order valence-corrected chi connectivity index (χ0v) is 9.13. The van der Waals surface area contributed by atoms with Gasteiger partial charge in [-0.3, -0.25) is 0 Å². The van der Waals surface area contributed by atoms with Gasteiger partial charge in [-0.25, -0.2) is 4.79 Å². The van der Waals surface area contributed by atoms with E-state index < -0.39 is 12.1 Å². The van der Waals surface area contributed by atoms with Gasteiger partial charge in [0.05, 0.1) is 5.02 Å². The van der Waals surface area contributed by atoms with Gasteiger partial charge in [0.25, 0.3) is 0 Å². The van der Waals surface area contributed by atoms with Crippen LogP contribution in [0.5, 0.6) is 5.75 Å². The minimum absolute atomic E-state index is 0.141. The normalized spacial score (nSPS) is 12.2. The maximum absolute atomic E-state index is 10.7. The molecule has 4 nitrogen and oxygen atoms in total. The first-order valence-electron chi connectivity index (χ1n) is 4.09. The molecule has 1 aromatic carbocycles. The molecule has 0 saturated carbocycles. The number of rotatable bonds is 4. The summed E-state index contributed by atoms with van der Waals surface area (Å²) in [4.78, 5) is 10.7. The minimum atomic E-state index is -1.14. The molecule has 1 aromatic rings. The van der Waals surface area contributed by atoms with Crippen molar-refractivity contribution in [1.82, 2.24) is 0 Å². The number of aliphatic carboxylic acids is 1. The highest BCUT2D eigenvalue weighted by Crippen LogP contribution is 2.28. The summed E-state index contributed by atoms with van der Waals surface area (Å²) in [6, 6.07) is 4.54. The molecule has 0 unspecified atom stereocenters. The van der Waals surface area contributed by atoms with E-state index >= 15 is 0 Å². The molecule has 82 valence electrons. The Balaban J connectivity index is 2.87. The number of hydrogen-bond acceptors (Lipinski definition) is 3. The smallest absolute Gasteiger partial charge is 0.346 e. The van der Waals surface area contributed by atoms with Gasteiger partial charge >= 0.3 is 5.97 Å². The van der Waals surface area contributed by atoms with Gasteiger partial charge < -0.3 is 15.6 Å². The molecule has 0 spiro atoms. The van der Waals surface area contributed by atoms with Gasteiger partial charge in [0.1, 0.15) is 5.75 Å². The van der Waals surface area contributed by atoms with Crippen LogP contribution < -0.4 is 10.5 Å². The molecule has 0 aliphatic rings. The molecule has 0 aliphatic carbocycles. The fourth-order valence-electron chi connectivity index (χ4n) is 0.920. The van der Waals surface area contributed by atoms with Crippen molar-refractivity contribution in [3.63, 3.8) is 0 Å². The zero-order chi connectivity index (χ0) is 11.4. The summed E-state index contributed by atoms with van der Waals surface area (Å²) in [6.07, 6.45) is -1.12. The number of carboxylic acids is 1. The quantitative estimate of drug-likeness (QED) is 0.854. The van der Waals surface area contributed by atoms with Gasteiger partial charge in [0.15, 0.2) is 0 Å². The van der Waals surface area contributed by atoms with Gasteiger partial charge in [-0.1, -0.05) is 23.2 Å². The molecule has 1 atom stereocenters. The van der Waals surface area contributed by atoms with E-state index in [1.807, 2.05) is 0 Å². The summed E-state index contributed by atoms with van der Waals surface area (Å²) in [5, 5.41) is 9.42. The van der Waals surface area contributed by atoms with Crippen LogP contribution in [0.2, 0.25) is 10.0 Å². The highest BCUT2D eigenvalue weighted by Gasteiger charge is 2.18. The second-order valence-corrected chi connectivity index (χ2v) is 3.60. The van der Waals surface area contributed by atoms with Crippen molar-refractivity contribution in [1.29, 1.82) is 0 Å². The molecular weight excluding hydrogens is 241 g/mol. The molecule has 0 fully saturated rings. The van der Waals surface area contributed by atoms with Gasteiger partial charge in [-0.15, -0.1) is 0 Å². The summed E-state index contributed by atoms with van der Waals surface area (Å²) in [7, 11) is 0. The third-order valence-corrected chi connectivity index (χ3v) is 2.20. The fraction of sp³-hybridized carbons (Fsp3) is 0.222. The summed E-state index contributed by atoms with van der Waals surface area (Å²) in [5.41, 5.74) is 5.23. The van der Waals surface area contributed by atoms with E-state index in [0.717, 1.165) is 0 Å². The monoisotopic (exact) mass is 249 g/mol. The number of halogens is 2. The van der Waals surface area contributed by atoms with Crippen LogP contribution in [-0.2, 0) is 4.79 Å². The van der Waals surface area contributed by atoms with Gasteiger partial charge in [-0.2, -0.15) is 0 Å². The van der Waals surface area contributed by atoms with Crippen molar-refractivity contribution >= 4 is 29.2 Å². The Morgan fingerprint density at radius 2 is 2.20 bits per heavy atom. The number of benzene rings is 1. The molecule has 0 aromatic heterocycles. The number of carboxylic acid groups (broad SMARTS) is 1. The zero-order valence-electron chi connectivity index (χ0n) is 7.61. The highest BCUT2D eigenvalue weighted by atomic mass is 35.5. The predicted molar refractivity (Wildman–Crippen MR) is 57.6 cm³/mol. The molecule has 15 heavy (non-hydrogen) atoms. The molecule has 6 heteroatoms. The van der Waals surface area contributed by atoms with Crippen LogP contribution in [0.3, 0.4) is 0 Å². The number of carbonyl (C=O) groups is 1. The Kier molecular flexibility index (Phi) is 4.20. The third-order valence-electron chi connectivity index (χ3n) is 1.65. The summed E-state index contributed by atoms with van der Waals surface area (Å²) in [5.74, 6) is -0.935. The predicted octanol–water partition coefficient (Wildman–Crippen LogP) is 1.78. The van der Waals surface area contributed by atoms with Gasteiger partial charge in [0, 0.05) is 17.6 Å². The molecule has 3 N–H and O–H groups in total. The largest absolute Gasteiger partial charge is 0.478 e. The van der Waals surface area contributed by atoms with Crippen molar-refractivity contribution in [3.05, 3.63) is 28.2 Å². The molecular formula is C9H9Cl2NO3. The van der Waals surface area contributed by atoms with Crippen molar-refractivity contribution < 1.29 is 14.6 Å². The lowest BCUT2D eigenvalue weighted by molar-refractivity contribution is -0.144. The van der Waals surface area contributed by atoms with Crippen molar-refractivity contribution in [2.24, 2.45) is 5.73 Å². The van der Waals surface area contributed by atoms with E-state index in [2.05, 4.69) is 0 Å². The maximum atomic E-state index is 10.7. The first-order valence-corrected chi connectivity index (χ1v) is 4.84. The number of nitrogens with two attached hydrogens (primary N) is 1. The Morgan fingerprint density at radius 1 is 1.53 bits per heavy atom. The molecule has 0 heterocycles. The van der Waals surface area contributed by atoms with E-state index in [9.17, 15) is 4.79 Å². The highest BCUT2D eigenvalue weighted by molar-refractivity contribution is 6.34. The van der Waals surface area contributed by atoms with Crippen molar-refractivity contribution in [2.75, 3.05) is 6.54 Å². The molecule has 0 saturated heterocycles. The summed E-state index contributed by atoms with van der Waals surface area (Å²) >= 11 is 11.5. The summed E-state index contributed by atoms with van der Waals surface area (Å²) in [6.45, 7) is -0.141. The lowest BCUT2D eigenvalue weighted by Gasteiger charge is -2.14. The van der Waals surface area contributed by atoms with E-state index in [1.165, 1.54) is 12.1 Å². The van der Waals surface area contributed by atoms with E-state index in [0.29, 0.717) is 10.0 Å². The molecule has 0 aliphatic heterocycles. The lowest BCUT2D eigenvalue weighted by Crippen LogP contribution is -2.34. The standard InChI is InChI=1S/C9H9Cl2NO3/c10-5-1-2-6(11)7(3-5)15-8(4-12)9(13)14/h1-3,8H,4,12H2,(H,13,14)/t8-/m0/s1. The van der Waals surface area contributed by atoms with Crippen LogP contribution in [0.25, 0.3) is 0 Å². The van der Waals surface area contributed by atoms with E-state index in [-0.39, 0.29) is 12.3 Å². The van der Waals surface area contributed by atoms with Crippen molar-refractivity contribution in [3.8, 4) is 5.75 Å². The minimum Gasteiger partial charge on any atom is -0.478 e. The SMILES string of the molecule is NC[C@H](Oc1cc(Cl)ccc1Cl)C(=O)O. The third kappa shape index (κ3) is 3.27. The topological polar surface area (TPSA) is 72.5 Å². The van der Waals surface area contributed by atoms with Crippen LogP contribution >= 0.6 is 23.2 Å². The van der Waals surface area contributed by atoms with Crippen LogP contribution in [0.15, 0.2) is 18.2 Å². The van der Waals surface area contributed by atoms with E-state index in [4.69, 9.17) is 38.8 Å². The molecule has 0 radical (unpaired) electrons. The fourth-order valence-corrected chi connectivity index (χ4v) is 1.24. The molecule has 1 rings (SSSR count). The van der Waals surface area contributed by atoms with Crippen molar-refractivity contribution in [2.45, 2.75) is 6.10 Å². The van der Waals surface area contributed by atoms with E-state index in [1.54, 1.807) is 6.07 Å². The second-order valence-electron chi connectivity index (χ2n) is 2.76. The van der Waals surface area contributed by atoms with Crippen LogP contribution in [0, 0.1) is 0 Å². The Bertz CT molecular complexity index is 370.